The van der Waals surface area contributed by atoms with E-state index in [1.807, 2.05) is 36.1 Å². The second-order valence-corrected chi connectivity index (χ2v) is 5.00. The molecule has 19 heavy (non-hydrogen) atoms. The number of carbonyl (C=O) groups is 1. The van der Waals surface area contributed by atoms with E-state index in [-0.39, 0.29) is 11.9 Å². The molecule has 1 amide bonds. The maximum atomic E-state index is 12.2. The summed E-state index contributed by atoms with van der Waals surface area (Å²) in [7, 11) is 0. The molecule has 1 aromatic rings. The summed E-state index contributed by atoms with van der Waals surface area (Å²) in [6.07, 6.45) is 2.47. The zero-order valence-electron chi connectivity index (χ0n) is 11.5. The van der Waals surface area contributed by atoms with Gasteiger partial charge < -0.3 is 15.4 Å². The van der Waals surface area contributed by atoms with Crippen LogP contribution in [0, 0.1) is 0 Å². The van der Waals surface area contributed by atoms with Crippen molar-refractivity contribution in [3.63, 3.8) is 0 Å². The number of ether oxygens (including phenoxy) is 1. The van der Waals surface area contributed by atoms with Gasteiger partial charge in [-0.05, 0) is 37.5 Å². The summed E-state index contributed by atoms with van der Waals surface area (Å²) < 4.78 is 5.38. The molecule has 1 atom stereocenters. The molecular weight excluding hydrogens is 240 g/mol. The Morgan fingerprint density at radius 3 is 2.79 bits per heavy atom. The highest BCUT2D eigenvalue weighted by molar-refractivity contribution is 5.79. The largest absolute Gasteiger partial charge is 0.494 e. The third kappa shape index (κ3) is 3.96. The number of nitrogens with two attached hydrogens (primary N) is 1. The lowest BCUT2D eigenvalue weighted by atomic mass is 10.1. The lowest BCUT2D eigenvalue weighted by Gasteiger charge is -2.30. The first-order valence-electron chi connectivity index (χ1n) is 6.94. The molecule has 0 aromatic heterocycles. The summed E-state index contributed by atoms with van der Waals surface area (Å²) in [5.41, 5.74) is 6.92. The molecule has 4 heteroatoms. The highest BCUT2D eigenvalue weighted by atomic mass is 16.5. The molecule has 0 unspecified atom stereocenters. The molecular formula is C15H22N2O2. The number of rotatable bonds is 4. The molecule has 0 saturated carbocycles. The minimum Gasteiger partial charge on any atom is -0.494 e. The molecule has 4 nitrogen and oxygen atoms in total. The molecule has 0 spiro atoms. The SMILES string of the molecule is CCOc1ccc(CC(=O)N2CCC[C@H](N)C2)cc1. The second-order valence-electron chi connectivity index (χ2n) is 5.00. The first-order valence-corrected chi connectivity index (χ1v) is 6.94. The van der Waals surface area contributed by atoms with E-state index in [0.29, 0.717) is 19.6 Å². The molecule has 0 radical (unpaired) electrons. The van der Waals surface area contributed by atoms with Gasteiger partial charge in [-0.15, -0.1) is 0 Å². The number of carbonyl (C=O) groups excluding carboxylic acids is 1. The van der Waals surface area contributed by atoms with Gasteiger partial charge in [0.15, 0.2) is 0 Å². The molecule has 1 heterocycles. The van der Waals surface area contributed by atoms with Crippen LogP contribution in [0.15, 0.2) is 24.3 Å². The Labute approximate surface area is 114 Å². The van der Waals surface area contributed by atoms with Gasteiger partial charge in [-0.25, -0.2) is 0 Å². The summed E-state index contributed by atoms with van der Waals surface area (Å²) >= 11 is 0. The predicted octanol–water partition coefficient (Wildman–Crippen LogP) is 1.58. The van der Waals surface area contributed by atoms with Crippen LogP contribution in [0.5, 0.6) is 5.75 Å². The third-order valence-electron chi connectivity index (χ3n) is 3.40. The maximum absolute atomic E-state index is 12.2. The van der Waals surface area contributed by atoms with Gasteiger partial charge in [-0.3, -0.25) is 4.79 Å². The van der Waals surface area contributed by atoms with Crippen molar-refractivity contribution >= 4 is 5.91 Å². The monoisotopic (exact) mass is 262 g/mol. The minimum atomic E-state index is 0.137. The fourth-order valence-corrected chi connectivity index (χ4v) is 2.39. The van der Waals surface area contributed by atoms with E-state index in [9.17, 15) is 4.79 Å². The maximum Gasteiger partial charge on any atom is 0.227 e. The molecule has 1 saturated heterocycles. The van der Waals surface area contributed by atoms with Gasteiger partial charge in [-0.2, -0.15) is 0 Å². The van der Waals surface area contributed by atoms with Gasteiger partial charge in [-0.1, -0.05) is 12.1 Å². The zero-order chi connectivity index (χ0) is 13.7. The van der Waals surface area contributed by atoms with Crippen molar-refractivity contribution in [2.75, 3.05) is 19.7 Å². The minimum absolute atomic E-state index is 0.137. The van der Waals surface area contributed by atoms with Crippen LogP contribution in [0.1, 0.15) is 25.3 Å². The summed E-state index contributed by atoms with van der Waals surface area (Å²) in [5, 5.41) is 0. The van der Waals surface area contributed by atoms with Gasteiger partial charge in [0.2, 0.25) is 5.91 Å². The van der Waals surface area contributed by atoms with Gasteiger partial charge in [0.1, 0.15) is 5.75 Å². The number of benzene rings is 1. The molecule has 1 aliphatic heterocycles. The zero-order valence-corrected chi connectivity index (χ0v) is 11.5. The van der Waals surface area contributed by atoms with Crippen LogP contribution in [-0.4, -0.2) is 36.5 Å². The van der Waals surface area contributed by atoms with Crippen LogP contribution in [0.3, 0.4) is 0 Å². The first kappa shape index (κ1) is 13.9. The van der Waals surface area contributed by atoms with Gasteiger partial charge in [0, 0.05) is 19.1 Å². The van der Waals surface area contributed by atoms with Crippen molar-refractivity contribution in [2.45, 2.75) is 32.2 Å². The smallest absolute Gasteiger partial charge is 0.227 e. The van der Waals surface area contributed by atoms with Crippen molar-refractivity contribution in [3.05, 3.63) is 29.8 Å². The van der Waals surface area contributed by atoms with Crippen LogP contribution in [0.2, 0.25) is 0 Å². The van der Waals surface area contributed by atoms with Crippen molar-refractivity contribution in [3.8, 4) is 5.75 Å². The molecule has 2 N–H and O–H groups in total. The number of hydrogen-bond donors (Lipinski definition) is 1. The average molecular weight is 262 g/mol. The molecule has 1 aliphatic rings. The van der Waals surface area contributed by atoms with E-state index in [0.717, 1.165) is 30.7 Å². The van der Waals surface area contributed by atoms with Gasteiger partial charge >= 0.3 is 0 Å². The number of piperidine rings is 1. The summed E-state index contributed by atoms with van der Waals surface area (Å²) in [5.74, 6) is 1.01. The summed E-state index contributed by atoms with van der Waals surface area (Å²) in [6, 6.07) is 7.86. The van der Waals surface area contributed by atoms with E-state index in [1.165, 1.54) is 0 Å². The number of amides is 1. The number of hydrogen-bond acceptors (Lipinski definition) is 3. The Morgan fingerprint density at radius 1 is 1.42 bits per heavy atom. The van der Waals surface area contributed by atoms with Crippen LogP contribution >= 0.6 is 0 Å². The van der Waals surface area contributed by atoms with Crippen LogP contribution < -0.4 is 10.5 Å². The predicted molar refractivity (Wildman–Crippen MR) is 75.1 cm³/mol. The Hall–Kier alpha value is -1.55. The molecule has 0 aliphatic carbocycles. The topological polar surface area (TPSA) is 55.6 Å². The molecule has 2 rings (SSSR count). The van der Waals surface area contributed by atoms with Gasteiger partial charge in [0.05, 0.1) is 13.0 Å². The molecule has 0 bridgehead atoms. The van der Waals surface area contributed by atoms with E-state index in [1.54, 1.807) is 0 Å². The summed E-state index contributed by atoms with van der Waals surface area (Å²) in [6.45, 7) is 4.14. The van der Waals surface area contributed by atoms with Crippen molar-refractivity contribution in [2.24, 2.45) is 5.73 Å². The van der Waals surface area contributed by atoms with Crippen LogP contribution in [0.25, 0.3) is 0 Å². The van der Waals surface area contributed by atoms with Crippen LogP contribution in [0.4, 0.5) is 0 Å². The highest BCUT2D eigenvalue weighted by Crippen LogP contribution is 2.14. The number of nitrogens with zero attached hydrogens (tertiary/aromatic N) is 1. The van der Waals surface area contributed by atoms with Gasteiger partial charge in [0.25, 0.3) is 0 Å². The quantitative estimate of drug-likeness (QED) is 0.896. The molecule has 1 aromatic carbocycles. The van der Waals surface area contributed by atoms with E-state index >= 15 is 0 Å². The summed E-state index contributed by atoms with van der Waals surface area (Å²) in [4.78, 5) is 14.0. The van der Waals surface area contributed by atoms with Crippen LogP contribution in [-0.2, 0) is 11.2 Å². The Kier molecular flexibility index (Phi) is 4.80. The second kappa shape index (κ2) is 6.57. The van der Waals surface area contributed by atoms with E-state index < -0.39 is 0 Å². The Balaban J connectivity index is 1.90. The first-order chi connectivity index (χ1) is 9.19. The molecule has 1 fully saturated rings. The van der Waals surface area contributed by atoms with Crippen molar-refractivity contribution in [1.82, 2.24) is 4.90 Å². The average Bonchev–Trinajstić information content (AvgIpc) is 2.41. The highest BCUT2D eigenvalue weighted by Gasteiger charge is 2.21. The Bertz CT molecular complexity index is 417. The fourth-order valence-electron chi connectivity index (χ4n) is 2.39. The number of likely N-dealkylation sites (tertiary alicyclic amines) is 1. The third-order valence-corrected chi connectivity index (χ3v) is 3.40. The fraction of sp³-hybridized carbons (Fsp3) is 0.533. The standard InChI is InChI=1S/C15H22N2O2/c1-2-19-14-7-5-12(6-8-14)10-15(18)17-9-3-4-13(16)11-17/h5-8,13H,2-4,9-11,16H2,1H3/t13-/m0/s1. The lowest BCUT2D eigenvalue weighted by Crippen LogP contribution is -2.46. The molecule has 104 valence electrons. The van der Waals surface area contributed by atoms with Crippen molar-refractivity contribution in [1.29, 1.82) is 0 Å². The van der Waals surface area contributed by atoms with E-state index in [4.69, 9.17) is 10.5 Å². The van der Waals surface area contributed by atoms with Crippen molar-refractivity contribution < 1.29 is 9.53 Å². The van der Waals surface area contributed by atoms with E-state index in [2.05, 4.69) is 0 Å². The Morgan fingerprint density at radius 2 is 2.16 bits per heavy atom. The normalized spacial score (nSPS) is 19.3. The lowest BCUT2D eigenvalue weighted by molar-refractivity contribution is -0.131.